The zero-order valence-electron chi connectivity index (χ0n) is 96.5. The van der Waals surface area contributed by atoms with Crippen LogP contribution in [-0.4, -0.2) is 148 Å². The molecule has 15 aliphatic rings. The Morgan fingerprint density at radius 1 is 0.426 bits per heavy atom. The van der Waals surface area contributed by atoms with Crippen molar-refractivity contribution >= 4 is 87.0 Å². The normalized spacial score (nSPS) is 38.7. The number of nitrogens with two attached hydrogens (primary N) is 1. The van der Waals surface area contributed by atoms with E-state index in [0.29, 0.717) is 153 Å². The number of likely N-dealkylation sites (N-methyl/N-ethyl adjacent to an activating group) is 3. The number of quaternary nitrogens is 1. The van der Waals surface area contributed by atoms with Gasteiger partial charge >= 0.3 is 28.8 Å². The molecule has 0 aromatic heterocycles. The third-order valence-corrected chi connectivity index (χ3v) is 47.1. The van der Waals surface area contributed by atoms with Crippen molar-refractivity contribution in [2.24, 2.45) is 193 Å². The Kier molecular flexibility index (Phi) is 36.6. The number of nitrogens with one attached hydrogen (secondary N) is 2. The van der Waals surface area contributed by atoms with E-state index < -0.39 is 21.9 Å². The number of hydrogen-bond acceptors (Lipinski definition) is 15. The van der Waals surface area contributed by atoms with Gasteiger partial charge < -0.3 is 45.9 Å². The van der Waals surface area contributed by atoms with Crippen LogP contribution in [0.2, 0.25) is 0 Å². The van der Waals surface area contributed by atoms with Crippen molar-refractivity contribution in [3.8, 4) is 5.75 Å². The predicted molar refractivity (Wildman–Crippen MR) is 594 cm³/mol. The molecule has 18 rings (SSSR count). The van der Waals surface area contributed by atoms with Gasteiger partial charge in [0.25, 0.3) is 6.47 Å². The minimum absolute atomic E-state index is 0.0322. The van der Waals surface area contributed by atoms with Crippen LogP contribution in [0.1, 0.15) is 347 Å². The summed E-state index contributed by atoms with van der Waals surface area (Å²) in [6.07, 6.45) is 40.2. The molecule has 12 fully saturated rings. The quantitative estimate of drug-likeness (QED) is 0.0269. The molecule has 0 saturated heterocycles. The molecular formula is C127H192Cl2N6O13. The maximum atomic E-state index is 14.3. The number of carbonyl (C=O) groups excluding carboxylic acids is 9. The van der Waals surface area contributed by atoms with Gasteiger partial charge in [0.05, 0.1) is 43.4 Å². The molecule has 3 aromatic carbocycles. The average Bonchev–Trinajstić information content (AvgIpc) is 1.36. The summed E-state index contributed by atoms with van der Waals surface area (Å²) in [4.78, 5) is 108. The van der Waals surface area contributed by atoms with Gasteiger partial charge in [0, 0.05) is 26.2 Å². The van der Waals surface area contributed by atoms with Crippen LogP contribution < -0.4 is 21.1 Å². The largest absolute Gasteiger partial charge is 0.633 e. The first kappa shape index (κ1) is 120. The Balaban J connectivity index is 0.000000182. The summed E-state index contributed by atoms with van der Waals surface area (Å²) in [5.41, 5.74) is 18.3. The van der Waals surface area contributed by atoms with Gasteiger partial charge in [0.1, 0.15) is 5.75 Å². The van der Waals surface area contributed by atoms with Crippen LogP contribution in [0.5, 0.6) is 5.75 Å². The number of amides is 2. The number of hydroxylamine groups is 3. The fourth-order valence-electron chi connectivity index (χ4n) is 39.3. The molecule has 0 spiro atoms. The minimum atomic E-state index is -1.14. The lowest BCUT2D eigenvalue weighted by Gasteiger charge is -2.72. The van der Waals surface area contributed by atoms with E-state index in [1.54, 1.807) is 25.2 Å². The summed E-state index contributed by atoms with van der Waals surface area (Å²) >= 11 is 8.98. The molecule has 12 saturated carbocycles. The molecule has 0 bridgehead atoms. The Bertz CT molecular complexity index is 5350. The monoisotopic (exact) mass is 2080 g/mol. The van der Waals surface area contributed by atoms with E-state index in [0.717, 1.165) is 103 Å². The fraction of sp³-hybridized carbons (Fsp3) is 0.748. The van der Waals surface area contributed by atoms with Crippen LogP contribution in [0, 0.1) is 207 Å². The molecule has 822 valence electrons. The molecule has 0 radical (unpaired) electrons. The van der Waals surface area contributed by atoms with E-state index in [1.165, 1.54) is 136 Å². The highest BCUT2D eigenvalue weighted by Gasteiger charge is 2.77. The maximum Gasteiger partial charge on any atom is 0.373 e. The van der Waals surface area contributed by atoms with Gasteiger partial charge in [-0.2, -0.15) is 19.2 Å². The zero-order chi connectivity index (χ0) is 110. The number of carboxylic acid groups (broad SMARTS) is 1. The van der Waals surface area contributed by atoms with Gasteiger partial charge in [-0.05, 0) is 456 Å². The molecule has 2 amide bonds. The summed E-state index contributed by atoms with van der Waals surface area (Å²) in [7, 11) is 11.5. The van der Waals surface area contributed by atoms with E-state index in [-0.39, 0.29) is 77.0 Å². The number of aryl methyl sites for hydroxylation is 2. The van der Waals surface area contributed by atoms with Gasteiger partial charge in [0.2, 0.25) is 11.8 Å². The Morgan fingerprint density at radius 3 is 0.986 bits per heavy atom. The number of halogens is 2. The molecule has 0 aliphatic heterocycles. The van der Waals surface area contributed by atoms with Crippen LogP contribution in [-0.2, 0) is 47.9 Å². The molecule has 3 aromatic rings. The van der Waals surface area contributed by atoms with E-state index in [4.69, 9.17) is 29.6 Å². The first-order valence-electron chi connectivity index (χ1n) is 57.2. The number of aliphatic carboxylic acids is 1. The van der Waals surface area contributed by atoms with Crippen molar-refractivity contribution in [3.05, 3.63) is 124 Å². The lowest BCUT2D eigenvalue weighted by Crippen LogP contribution is -2.66. The van der Waals surface area contributed by atoms with Crippen LogP contribution in [0.15, 0.2) is 91.0 Å². The summed E-state index contributed by atoms with van der Waals surface area (Å²) < 4.78 is 4.71. The number of benzene rings is 3. The minimum Gasteiger partial charge on any atom is -0.633 e. The molecule has 148 heavy (non-hydrogen) atoms. The van der Waals surface area contributed by atoms with Crippen molar-refractivity contribution < 1.29 is 62.4 Å². The fourth-order valence-corrected chi connectivity index (χ4v) is 39.3. The van der Waals surface area contributed by atoms with Gasteiger partial charge in [-0.15, -0.1) is 0 Å². The number of rotatable bonds is 20. The number of nitrogens with zero attached hydrogens (tertiary/aromatic N) is 3. The van der Waals surface area contributed by atoms with E-state index >= 15 is 0 Å². The Labute approximate surface area is 901 Å². The highest BCUT2D eigenvalue weighted by molar-refractivity contribution is 6.97. The van der Waals surface area contributed by atoms with Gasteiger partial charge in [-0.3, -0.25) is 28.8 Å². The highest BCUT2D eigenvalue weighted by atomic mass is 35.5. The number of carbonyl (C=O) groups is 6. The van der Waals surface area contributed by atoms with Crippen molar-refractivity contribution in [3.63, 3.8) is 0 Å². The standard InChI is InChI=1S/C41H62N2O4.C41H64N2O.C37H54O2.C4H12N2.C2Cl2O2.2CO2/c1-27(2)30-16-21-41(36(45)42-24-25-43(8,9)46)23-22-39(6)32(35(30)41)14-15-34-38(5)19-17-31(28-10-12-29(13-11-28)47-26-44)37(3,4)33(38)18-20-40(34,39)7;1-27(2)30-17-22-41(36(44)42-25-26-43(9)10)24-23-39(7)32(35(30)41)15-16-34-38(6)20-18-31(29-13-11-28(3)12-14-29)37(4,5)33(38)19-21-40(34,39)8;1-23(2)26-15-20-37(32(38)39)22-21-35(7)28(31(26)37)13-14-30-34(6)18-16-27(25-11-9-24(3)10-12-25)33(4,5)29(34)17-19-36(30,35)8;1-6(2)4-3-5;3-1(5)2(4)6;2*2-1-3/h10-13,17,26-27,30,32-35H,14-16,18-25H2,1-9H3,(H,42,45);11-14,18,27,30,32-35H,15-17,19-26H2,1-10H3,(H,42,44);9-12,16,23,26,28-31H,13-15,17-22H2,1-8H3,(H,38,39);3-5H2,1-2H3;;;/t2*30-,32+,33-,34+,35+,38-,39+,40+,41-;26-,28+,29-,30+,31+,34-,35+,36+,37-;;;;/m000..../s1. The summed E-state index contributed by atoms with van der Waals surface area (Å²) in [5, 5.41) is 27.4. The average molecular weight is 2080 g/mol. The molecule has 5 N–H and O–H groups in total. The molecule has 0 unspecified atom stereocenters. The van der Waals surface area contributed by atoms with Crippen molar-refractivity contribution in [2.75, 3.05) is 81.6 Å². The third-order valence-electron chi connectivity index (χ3n) is 46.7. The van der Waals surface area contributed by atoms with Crippen LogP contribution in [0.25, 0.3) is 16.7 Å². The van der Waals surface area contributed by atoms with Crippen LogP contribution in [0.4, 0.5) is 0 Å². The topological polar surface area (TPSA) is 280 Å². The van der Waals surface area contributed by atoms with E-state index in [2.05, 4.69) is 296 Å². The Hall–Kier alpha value is -6.76. The number of carboxylic acids is 1. The third kappa shape index (κ3) is 21.1. The number of ether oxygens (including phenoxy) is 1. The van der Waals surface area contributed by atoms with Crippen molar-refractivity contribution in [2.45, 2.75) is 333 Å². The van der Waals surface area contributed by atoms with Crippen LogP contribution in [0.3, 0.4) is 0 Å². The smallest absolute Gasteiger partial charge is 0.373 e. The summed E-state index contributed by atoms with van der Waals surface area (Å²) in [6.45, 7) is 62.7. The van der Waals surface area contributed by atoms with Crippen LogP contribution >= 0.6 is 23.2 Å². The second-order valence-electron chi connectivity index (χ2n) is 55.7. The second kappa shape index (κ2) is 45.2. The molecule has 0 heterocycles. The maximum absolute atomic E-state index is 14.3. The first-order valence-corrected chi connectivity index (χ1v) is 58.0. The lowest BCUT2D eigenvalue weighted by molar-refractivity contribution is -0.838. The highest BCUT2D eigenvalue weighted by Crippen LogP contribution is 2.83. The van der Waals surface area contributed by atoms with Crippen molar-refractivity contribution in [1.82, 2.24) is 20.4 Å². The lowest BCUT2D eigenvalue weighted by atomic mass is 9.32. The number of allylic oxidation sites excluding steroid dienone is 6. The zero-order valence-corrected chi connectivity index (χ0v) is 98.0. The number of hydrogen-bond donors (Lipinski definition) is 4. The van der Waals surface area contributed by atoms with E-state index in [9.17, 15) is 39.1 Å². The SMILES string of the molecule is CC(C)[C@@H]1CC[C@]2(C(=O)NCC[N+](C)(C)[O-])CC[C@]3(C)[C@H](CC[C@@H]4[C@@]5(C)CC=C(c6ccc(OC=O)cc6)C(C)(C)[C@@H]5CC[C@]43C)[C@@H]12.CN(C)CCN.Cc1ccc(C2=CC[C@]3(C)[C@H]4CC[C@@H]5[C@H]6[C@H](C(C)C)CC[C@]6(C(=O)NCCN(C)C)CC[C@@]5(C)[C@]4(C)CC[C@H]3C2(C)C)cc1.Cc1ccc(C2=CC[C@]3(C)[C@H]4CC[C@@H]5[C@H]6[C@H](C(C)C)CC[C@]6(C(=O)O)CC[C@@]5(C)[C@]4(C)CC[C@H]3C2(C)C)cc1.O=C(Cl)C(=O)Cl.O=C=O.O=C=O. The molecule has 21 heteroatoms. The Morgan fingerprint density at radius 2 is 0.716 bits per heavy atom. The van der Waals surface area contributed by atoms with Gasteiger partial charge in [-0.25, -0.2) is 0 Å². The molecule has 15 aliphatic carbocycles. The molecule has 27 atom stereocenters. The number of fused-ring (bicyclic) bond motifs is 21. The van der Waals surface area contributed by atoms with E-state index in [1.807, 2.05) is 26.2 Å². The summed E-state index contributed by atoms with van der Waals surface area (Å²) in [5.74, 6) is 11.4. The van der Waals surface area contributed by atoms with Crippen molar-refractivity contribution in [1.29, 1.82) is 0 Å². The molecule has 19 nitrogen and oxygen atoms in total. The van der Waals surface area contributed by atoms with Gasteiger partial charge in [-0.1, -0.05) is 235 Å². The summed E-state index contributed by atoms with van der Waals surface area (Å²) in [6, 6.07) is 26.6. The molecular weight excluding hydrogens is 1890 g/mol. The van der Waals surface area contributed by atoms with Gasteiger partial charge in [0.15, 0.2) is 0 Å². The predicted octanol–water partition coefficient (Wildman–Crippen LogP) is 26.7. The second-order valence-corrected chi connectivity index (χ2v) is 56.4. The first-order chi connectivity index (χ1) is 69.0.